The van der Waals surface area contributed by atoms with Gasteiger partial charge < -0.3 is 25.4 Å². The molecule has 1 fully saturated rings. The Morgan fingerprint density at radius 1 is 1.21 bits per heavy atom. The molecule has 0 saturated carbocycles. The average molecular weight is 335 g/mol. The van der Waals surface area contributed by atoms with Crippen molar-refractivity contribution in [3.63, 3.8) is 0 Å². The molecule has 1 unspecified atom stereocenters. The second kappa shape index (κ2) is 8.01. The van der Waals surface area contributed by atoms with Crippen LogP contribution in [0.1, 0.15) is 30.1 Å². The monoisotopic (exact) mass is 335 g/mol. The summed E-state index contributed by atoms with van der Waals surface area (Å²) in [5.74, 6) is 0.188. The van der Waals surface area contributed by atoms with E-state index >= 15 is 0 Å². The Kier molecular flexibility index (Phi) is 6.03. The Labute approximate surface area is 142 Å². The number of carbonyl (C=O) groups excluding carboxylic acids is 2. The number of nitrogens with zero attached hydrogens (tertiary/aromatic N) is 1. The Balaban J connectivity index is 2.41. The van der Waals surface area contributed by atoms with E-state index in [4.69, 9.17) is 15.2 Å². The molecule has 0 spiro atoms. The fraction of sp³-hybridized carbons (Fsp3) is 0.529. The third-order valence-corrected chi connectivity index (χ3v) is 4.21. The highest BCUT2D eigenvalue weighted by atomic mass is 16.5. The van der Waals surface area contributed by atoms with Crippen molar-refractivity contribution in [2.24, 2.45) is 11.7 Å². The maximum absolute atomic E-state index is 12.8. The molecule has 7 nitrogen and oxygen atoms in total. The first-order chi connectivity index (χ1) is 11.5. The van der Waals surface area contributed by atoms with Crippen molar-refractivity contribution in [1.29, 1.82) is 0 Å². The molecular formula is C17H25N3O4. The van der Waals surface area contributed by atoms with Gasteiger partial charge in [0.2, 0.25) is 5.91 Å². The number of rotatable bonds is 6. The third-order valence-electron chi connectivity index (χ3n) is 4.21. The van der Waals surface area contributed by atoms with Gasteiger partial charge in [-0.15, -0.1) is 0 Å². The predicted octanol–water partition coefficient (Wildman–Crippen LogP) is 1.47. The van der Waals surface area contributed by atoms with Crippen LogP contribution in [0, 0.1) is 5.92 Å². The van der Waals surface area contributed by atoms with Crippen molar-refractivity contribution in [2.45, 2.75) is 19.8 Å². The lowest BCUT2D eigenvalue weighted by molar-refractivity contribution is -0.119. The van der Waals surface area contributed by atoms with Gasteiger partial charge >= 0.3 is 0 Å². The number of methoxy groups -OCH3 is 2. The lowest BCUT2D eigenvalue weighted by atomic mass is 10.1. The highest BCUT2D eigenvalue weighted by Gasteiger charge is 2.25. The van der Waals surface area contributed by atoms with Crippen molar-refractivity contribution in [3.05, 3.63) is 17.7 Å². The van der Waals surface area contributed by atoms with Crippen LogP contribution in [-0.2, 0) is 4.79 Å². The van der Waals surface area contributed by atoms with Gasteiger partial charge in [-0.05, 0) is 18.9 Å². The van der Waals surface area contributed by atoms with Crippen LogP contribution in [0.25, 0.3) is 0 Å². The first-order valence-electron chi connectivity index (χ1n) is 8.08. The Morgan fingerprint density at radius 2 is 1.79 bits per heavy atom. The van der Waals surface area contributed by atoms with E-state index < -0.39 is 0 Å². The van der Waals surface area contributed by atoms with Gasteiger partial charge in [0.1, 0.15) is 0 Å². The molecular weight excluding hydrogens is 310 g/mol. The van der Waals surface area contributed by atoms with Crippen LogP contribution in [0.2, 0.25) is 0 Å². The van der Waals surface area contributed by atoms with Crippen LogP contribution in [0.4, 0.5) is 5.69 Å². The molecule has 1 atom stereocenters. The van der Waals surface area contributed by atoms with Crippen LogP contribution in [-0.4, -0.2) is 50.6 Å². The first kappa shape index (κ1) is 18.1. The summed E-state index contributed by atoms with van der Waals surface area (Å²) in [6, 6.07) is 3.23. The summed E-state index contributed by atoms with van der Waals surface area (Å²) in [5.41, 5.74) is 6.35. The zero-order valence-electron chi connectivity index (χ0n) is 14.4. The number of hydrogen-bond acceptors (Lipinski definition) is 5. The molecule has 1 aromatic carbocycles. The largest absolute Gasteiger partial charge is 0.493 e. The summed E-state index contributed by atoms with van der Waals surface area (Å²) in [7, 11) is 3.02. The van der Waals surface area contributed by atoms with E-state index in [-0.39, 0.29) is 24.3 Å². The summed E-state index contributed by atoms with van der Waals surface area (Å²) < 4.78 is 10.6. The molecule has 1 saturated heterocycles. The normalized spacial score (nSPS) is 15.1. The fourth-order valence-electron chi connectivity index (χ4n) is 2.61. The quantitative estimate of drug-likeness (QED) is 0.821. The maximum Gasteiger partial charge on any atom is 0.256 e. The molecule has 1 heterocycles. The van der Waals surface area contributed by atoms with E-state index in [1.165, 1.54) is 14.2 Å². The minimum absolute atomic E-state index is 0.121. The van der Waals surface area contributed by atoms with Gasteiger partial charge in [-0.3, -0.25) is 9.59 Å². The first-order valence-corrected chi connectivity index (χ1v) is 8.08. The summed E-state index contributed by atoms with van der Waals surface area (Å²) in [6.07, 6.45) is 1.98. The molecule has 132 valence electrons. The van der Waals surface area contributed by atoms with Crippen molar-refractivity contribution in [2.75, 3.05) is 39.2 Å². The van der Waals surface area contributed by atoms with Crippen LogP contribution in [0.5, 0.6) is 11.5 Å². The number of nitrogens with two attached hydrogens (primary N) is 1. The van der Waals surface area contributed by atoms with E-state index in [0.29, 0.717) is 22.7 Å². The summed E-state index contributed by atoms with van der Waals surface area (Å²) in [5, 5.41) is 2.79. The van der Waals surface area contributed by atoms with Gasteiger partial charge in [0.05, 0.1) is 25.5 Å². The Bertz CT molecular complexity index is 612. The SMILES string of the molecule is COc1cc(NC(=O)C(C)CN)c(C(=O)N2CCCC2)cc1OC. The molecule has 2 rings (SSSR count). The molecule has 1 aliphatic heterocycles. The van der Waals surface area contributed by atoms with E-state index in [9.17, 15) is 9.59 Å². The minimum Gasteiger partial charge on any atom is -0.493 e. The maximum atomic E-state index is 12.8. The number of benzene rings is 1. The van der Waals surface area contributed by atoms with Crippen molar-refractivity contribution in [1.82, 2.24) is 4.90 Å². The predicted molar refractivity (Wildman–Crippen MR) is 91.5 cm³/mol. The lowest BCUT2D eigenvalue weighted by Crippen LogP contribution is -2.31. The minimum atomic E-state index is -0.354. The molecule has 24 heavy (non-hydrogen) atoms. The van der Waals surface area contributed by atoms with Crippen molar-refractivity contribution in [3.8, 4) is 11.5 Å². The number of hydrogen-bond donors (Lipinski definition) is 2. The van der Waals surface area contributed by atoms with Crippen LogP contribution in [0.15, 0.2) is 12.1 Å². The molecule has 7 heteroatoms. The number of ether oxygens (including phenoxy) is 2. The molecule has 0 aromatic heterocycles. The topological polar surface area (TPSA) is 93.9 Å². The number of likely N-dealkylation sites (tertiary alicyclic amines) is 1. The average Bonchev–Trinajstić information content (AvgIpc) is 3.14. The molecule has 2 amide bonds. The van der Waals surface area contributed by atoms with Crippen LogP contribution < -0.4 is 20.5 Å². The van der Waals surface area contributed by atoms with Gasteiger partial charge in [0, 0.05) is 31.6 Å². The van der Waals surface area contributed by atoms with Gasteiger partial charge in [-0.2, -0.15) is 0 Å². The lowest BCUT2D eigenvalue weighted by Gasteiger charge is -2.20. The summed E-state index contributed by atoms with van der Waals surface area (Å²) >= 11 is 0. The zero-order chi connectivity index (χ0) is 17.7. The van der Waals surface area contributed by atoms with Crippen LogP contribution >= 0.6 is 0 Å². The van der Waals surface area contributed by atoms with E-state index in [1.807, 2.05) is 0 Å². The smallest absolute Gasteiger partial charge is 0.256 e. The second-order valence-corrected chi connectivity index (χ2v) is 5.88. The number of anilines is 1. The van der Waals surface area contributed by atoms with E-state index in [0.717, 1.165) is 25.9 Å². The third kappa shape index (κ3) is 3.79. The Hall–Kier alpha value is -2.28. The highest BCUT2D eigenvalue weighted by molar-refractivity contribution is 6.05. The summed E-state index contributed by atoms with van der Waals surface area (Å²) in [4.78, 5) is 26.8. The number of nitrogens with one attached hydrogen (secondary N) is 1. The van der Waals surface area contributed by atoms with Gasteiger partial charge in [-0.1, -0.05) is 6.92 Å². The standard InChI is InChI=1S/C17H25N3O4/c1-11(10-18)16(21)19-13-9-15(24-3)14(23-2)8-12(13)17(22)20-6-4-5-7-20/h8-9,11H,4-7,10,18H2,1-3H3,(H,19,21). The fourth-order valence-corrected chi connectivity index (χ4v) is 2.61. The molecule has 0 bridgehead atoms. The molecule has 3 N–H and O–H groups in total. The zero-order valence-corrected chi connectivity index (χ0v) is 14.4. The van der Waals surface area contributed by atoms with Gasteiger partial charge in [-0.25, -0.2) is 0 Å². The molecule has 1 aliphatic rings. The highest BCUT2D eigenvalue weighted by Crippen LogP contribution is 2.34. The van der Waals surface area contributed by atoms with Crippen LogP contribution in [0.3, 0.4) is 0 Å². The molecule has 1 aromatic rings. The Morgan fingerprint density at radius 3 is 2.33 bits per heavy atom. The van der Waals surface area contributed by atoms with E-state index in [2.05, 4.69) is 5.32 Å². The number of amides is 2. The van der Waals surface area contributed by atoms with E-state index in [1.54, 1.807) is 24.0 Å². The molecule has 0 aliphatic carbocycles. The molecule has 0 radical (unpaired) electrons. The summed E-state index contributed by atoms with van der Waals surface area (Å²) in [6.45, 7) is 3.41. The van der Waals surface area contributed by atoms with Crippen molar-refractivity contribution >= 4 is 17.5 Å². The van der Waals surface area contributed by atoms with Crippen molar-refractivity contribution < 1.29 is 19.1 Å². The van der Waals surface area contributed by atoms with Gasteiger partial charge in [0.25, 0.3) is 5.91 Å². The number of carbonyl (C=O) groups is 2. The second-order valence-electron chi connectivity index (χ2n) is 5.88. The van der Waals surface area contributed by atoms with Gasteiger partial charge in [0.15, 0.2) is 11.5 Å².